The number of guanidine groups is 1. The number of nitrogens with one attached hydrogen (secondary N) is 1. The highest BCUT2D eigenvalue weighted by Gasteiger charge is 1.91. The second kappa shape index (κ2) is 6.65. The van der Waals surface area contributed by atoms with Gasteiger partial charge in [-0.3, -0.25) is 5.21 Å². The Morgan fingerprint density at radius 1 is 1.50 bits per heavy atom. The van der Waals surface area contributed by atoms with Crippen LogP contribution < -0.4 is 16.0 Å². The first-order chi connectivity index (χ1) is 7.72. The van der Waals surface area contributed by atoms with Gasteiger partial charge in [0.15, 0.2) is 0 Å². The molecule has 0 aliphatic rings. The van der Waals surface area contributed by atoms with Crippen molar-refractivity contribution in [2.24, 2.45) is 15.9 Å². The molecule has 16 heavy (non-hydrogen) atoms. The van der Waals surface area contributed by atoms with Crippen molar-refractivity contribution in [3.05, 3.63) is 29.3 Å². The summed E-state index contributed by atoms with van der Waals surface area (Å²) in [4.78, 5) is 0. The van der Waals surface area contributed by atoms with E-state index >= 15 is 0 Å². The third kappa shape index (κ3) is 4.63. The number of nitrogens with two attached hydrogens (primary N) is 1. The van der Waals surface area contributed by atoms with E-state index in [1.807, 2.05) is 0 Å². The number of hydroxylamine groups is 1. The predicted octanol–water partition coefficient (Wildman–Crippen LogP) is 0.998. The number of hydrogen-bond acceptors (Lipinski definition) is 4. The third-order valence-electron chi connectivity index (χ3n) is 1.50. The van der Waals surface area contributed by atoms with Crippen LogP contribution in [-0.4, -0.2) is 24.0 Å². The van der Waals surface area contributed by atoms with Crippen LogP contribution in [0.1, 0.15) is 0 Å². The number of ether oxygens (including phenoxy) is 1. The number of benzene rings is 1. The molecule has 1 aromatic rings. The minimum Gasteiger partial charge on any atom is -0.488 e. The van der Waals surface area contributed by atoms with Gasteiger partial charge in [0.05, 0.1) is 6.21 Å². The number of nitrogens with zero attached hydrogens (tertiary/aromatic N) is 2. The van der Waals surface area contributed by atoms with Gasteiger partial charge < -0.3 is 10.5 Å². The molecule has 86 valence electrons. The van der Waals surface area contributed by atoms with Crippen LogP contribution in [0.2, 0.25) is 5.02 Å². The van der Waals surface area contributed by atoms with Crippen molar-refractivity contribution in [3.63, 3.8) is 0 Å². The van der Waals surface area contributed by atoms with E-state index in [4.69, 9.17) is 27.3 Å². The van der Waals surface area contributed by atoms with Crippen molar-refractivity contribution in [2.75, 3.05) is 6.61 Å². The van der Waals surface area contributed by atoms with Gasteiger partial charge in [-0.25, -0.2) is 5.48 Å². The highest BCUT2D eigenvalue weighted by molar-refractivity contribution is 6.30. The van der Waals surface area contributed by atoms with Crippen LogP contribution in [0.25, 0.3) is 0 Å². The number of rotatable bonds is 4. The molecule has 0 saturated heterocycles. The molecule has 0 fully saturated rings. The maximum Gasteiger partial charge on any atom is 0.237 e. The molecule has 0 unspecified atom stereocenters. The Bertz CT molecular complexity index is 378. The molecule has 0 atom stereocenters. The molecule has 0 aliphatic carbocycles. The van der Waals surface area contributed by atoms with Gasteiger partial charge in [0.2, 0.25) is 5.96 Å². The van der Waals surface area contributed by atoms with E-state index in [9.17, 15) is 0 Å². The van der Waals surface area contributed by atoms with Crippen molar-refractivity contribution < 1.29 is 9.94 Å². The van der Waals surface area contributed by atoms with Crippen LogP contribution >= 0.6 is 11.6 Å². The zero-order valence-corrected chi connectivity index (χ0v) is 9.05. The first kappa shape index (κ1) is 12.3. The Morgan fingerprint density at radius 3 is 2.81 bits per heavy atom. The van der Waals surface area contributed by atoms with Crippen LogP contribution in [0.3, 0.4) is 0 Å². The maximum absolute atomic E-state index is 8.27. The topological polar surface area (TPSA) is 92.2 Å². The van der Waals surface area contributed by atoms with Crippen LogP contribution in [0.5, 0.6) is 5.75 Å². The zero-order chi connectivity index (χ0) is 11.8. The van der Waals surface area contributed by atoms with E-state index in [1.54, 1.807) is 29.7 Å². The Morgan fingerprint density at radius 2 is 2.19 bits per heavy atom. The maximum atomic E-state index is 8.27. The molecule has 0 aliphatic heterocycles. The lowest BCUT2D eigenvalue weighted by Gasteiger charge is -2.01. The fourth-order valence-corrected chi connectivity index (χ4v) is 0.949. The molecule has 0 heterocycles. The summed E-state index contributed by atoms with van der Waals surface area (Å²) in [6, 6.07) is 6.92. The molecule has 0 saturated carbocycles. The Hall–Kier alpha value is -1.79. The molecule has 7 heteroatoms. The minimum atomic E-state index is -0.192. The molecule has 1 rings (SSSR count). The monoisotopic (exact) mass is 242 g/mol. The summed E-state index contributed by atoms with van der Waals surface area (Å²) in [6.45, 7) is 0.240. The number of hydrogen-bond donors (Lipinski definition) is 3. The van der Waals surface area contributed by atoms with Crippen LogP contribution in [0, 0.1) is 0 Å². The normalized spacial score (nSPS) is 11.8. The summed E-state index contributed by atoms with van der Waals surface area (Å²) in [5, 5.41) is 15.8. The Balaban J connectivity index is 2.33. The van der Waals surface area contributed by atoms with Gasteiger partial charge in [0.25, 0.3) is 0 Å². The van der Waals surface area contributed by atoms with Crippen LogP contribution in [0.4, 0.5) is 0 Å². The molecule has 4 N–H and O–H groups in total. The summed E-state index contributed by atoms with van der Waals surface area (Å²) in [7, 11) is 0. The van der Waals surface area contributed by atoms with Crippen molar-refractivity contribution in [2.45, 2.75) is 0 Å². The molecule has 0 amide bonds. The lowest BCUT2D eigenvalue weighted by atomic mass is 10.3. The molecule has 6 nitrogen and oxygen atoms in total. The smallest absolute Gasteiger partial charge is 0.237 e. The van der Waals surface area contributed by atoms with Gasteiger partial charge in [-0.1, -0.05) is 11.6 Å². The van der Waals surface area contributed by atoms with Crippen LogP contribution in [0.15, 0.2) is 34.5 Å². The van der Waals surface area contributed by atoms with E-state index in [0.29, 0.717) is 10.8 Å². The first-order valence-corrected chi connectivity index (χ1v) is 4.73. The molecule has 0 bridgehead atoms. The van der Waals surface area contributed by atoms with Gasteiger partial charge in [-0.05, 0) is 24.3 Å². The fraction of sp³-hybridized carbons (Fsp3) is 0.111. The molecule has 0 radical (unpaired) electrons. The van der Waals surface area contributed by atoms with Crippen molar-refractivity contribution in [1.82, 2.24) is 5.48 Å². The SMILES string of the molecule is NC(=N/N=C\COc1ccc(Cl)cc1)NO. The first-order valence-electron chi connectivity index (χ1n) is 4.36. The predicted molar refractivity (Wildman–Crippen MR) is 62.0 cm³/mol. The molecule has 1 aromatic carbocycles. The summed E-state index contributed by atoms with van der Waals surface area (Å²) < 4.78 is 5.28. The van der Waals surface area contributed by atoms with E-state index in [-0.39, 0.29) is 12.6 Å². The van der Waals surface area contributed by atoms with Gasteiger partial charge in [-0.15, -0.1) is 5.10 Å². The second-order valence-corrected chi connectivity index (χ2v) is 3.10. The number of halogens is 1. The lowest BCUT2D eigenvalue weighted by molar-refractivity contribution is 0.232. The highest BCUT2D eigenvalue weighted by Crippen LogP contribution is 2.14. The highest BCUT2D eigenvalue weighted by atomic mass is 35.5. The van der Waals surface area contributed by atoms with Crippen molar-refractivity contribution in [3.8, 4) is 5.75 Å². The Labute approximate surface area is 97.3 Å². The third-order valence-corrected chi connectivity index (χ3v) is 1.75. The summed E-state index contributed by atoms with van der Waals surface area (Å²) in [5.74, 6) is 0.482. The van der Waals surface area contributed by atoms with E-state index in [2.05, 4.69) is 10.2 Å². The van der Waals surface area contributed by atoms with Gasteiger partial charge in [-0.2, -0.15) is 5.10 Å². The molecular formula is C9H11ClN4O2. The lowest BCUT2D eigenvalue weighted by Crippen LogP contribution is -2.27. The fourth-order valence-electron chi connectivity index (χ4n) is 0.823. The summed E-state index contributed by atoms with van der Waals surface area (Å²) in [5.41, 5.74) is 6.74. The van der Waals surface area contributed by atoms with E-state index in [1.165, 1.54) is 6.21 Å². The molecule has 0 spiro atoms. The van der Waals surface area contributed by atoms with Crippen LogP contribution in [-0.2, 0) is 0 Å². The van der Waals surface area contributed by atoms with Crippen molar-refractivity contribution in [1.29, 1.82) is 0 Å². The summed E-state index contributed by atoms with van der Waals surface area (Å²) in [6.07, 6.45) is 1.40. The minimum absolute atomic E-state index is 0.192. The van der Waals surface area contributed by atoms with Gasteiger partial charge in [0.1, 0.15) is 12.4 Å². The average Bonchev–Trinajstić information content (AvgIpc) is 2.31. The second-order valence-electron chi connectivity index (χ2n) is 2.66. The molecule has 0 aromatic heterocycles. The van der Waals surface area contributed by atoms with Crippen molar-refractivity contribution >= 4 is 23.8 Å². The largest absolute Gasteiger partial charge is 0.488 e. The zero-order valence-electron chi connectivity index (χ0n) is 8.30. The van der Waals surface area contributed by atoms with E-state index < -0.39 is 0 Å². The average molecular weight is 243 g/mol. The van der Waals surface area contributed by atoms with Gasteiger partial charge in [0, 0.05) is 5.02 Å². The standard InChI is InChI=1S/C9H11ClN4O2/c10-7-1-3-8(4-2-7)16-6-5-12-13-9(11)14-15/h1-5,15H,6H2,(H3,11,13,14)/b12-5-. The Kier molecular flexibility index (Phi) is 5.10. The quantitative estimate of drug-likeness (QED) is 0.417. The van der Waals surface area contributed by atoms with E-state index in [0.717, 1.165) is 0 Å². The summed E-state index contributed by atoms with van der Waals surface area (Å²) >= 11 is 5.70. The van der Waals surface area contributed by atoms with Gasteiger partial charge >= 0.3 is 0 Å². The molecular weight excluding hydrogens is 232 g/mol.